The van der Waals surface area contributed by atoms with E-state index in [2.05, 4.69) is 22.5 Å². The second kappa shape index (κ2) is 4.71. The van der Waals surface area contributed by atoms with Crippen LogP contribution in [0.1, 0.15) is 30.1 Å². The van der Waals surface area contributed by atoms with Crippen LogP contribution < -0.4 is 10.6 Å². The van der Waals surface area contributed by atoms with Gasteiger partial charge in [-0.05, 0) is 32.4 Å². The van der Waals surface area contributed by atoms with Crippen LogP contribution in [0.25, 0.3) is 0 Å². The van der Waals surface area contributed by atoms with Crippen molar-refractivity contribution in [1.82, 2.24) is 15.6 Å². The molecule has 1 aromatic heterocycles. The molecule has 1 aliphatic rings. The molecule has 92 valence electrons. The van der Waals surface area contributed by atoms with E-state index in [4.69, 9.17) is 0 Å². The van der Waals surface area contributed by atoms with Crippen molar-refractivity contribution >= 4 is 5.91 Å². The summed E-state index contributed by atoms with van der Waals surface area (Å²) in [6, 6.07) is 1.51. The van der Waals surface area contributed by atoms with Crippen molar-refractivity contribution in [3.05, 3.63) is 24.0 Å². The van der Waals surface area contributed by atoms with E-state index < -0.39 is 0 Å². The average molecular weight is 235 g/mol. The van der Waals surface area contributed by atoms with Crippen molar-refractivity contribution in [2.75, 3.05) is 13.1 Å². The number of nitrogens with zero attached hydrogens (tertiary/aromatic N) is 1. The highest BCUT2D eigenvalue weighted by Crippen LogP contribution is 2.18. The molecule has 2 rings (SSSR count). The Kier molecular flexibility index (Phi) is 3.28. The number of hydrogen-bond acceptors (Lipinski definition) is 4. The van der Waals surface area contributed by atoms with Gasteiger partial charge in [0.25, 0.3) is 5.91 Å². The van der Waals surface area contributed by atoms with Crippen molar-refractivity contribution in [2.45, 2.75) is 25.3 Å². The zero-order valence-electron chi connectivity index (χ0n) is 9.86. The van der Waals surface area contributed by atoms with Crippen LogP contribution in [-0.2, 0) is 0 Å². The molecule has 1 unspecified atom stereocenters. The molecule has 1 fully saturated rings. The summed E-state index contributed by atoms with van der Waals surface area (Å²) in [5.74, 6) is -0.352. The Morgan fingerprint density at radius 2 is 2.53 bits per heavy atom. The minimum Gasteiger partial charge on any atom is -0.505 e. The van der Waals surface area contributed by atoms with E-state index in [1.165, 1.54) is 18.5 Å². The smallest absolute Gasteiger partial charge is 0.255 e. The van der Waals surface area contributed by atoms with E-state index >= 15 is 0 Å². The summed E-state index contributed by atoms with van der Waals surface area (Å²) in [7, 11) is 0. The van der Waals surface area contributed by atoms with E-state index in [9.17, 15) is 9.90 Å². The predicted molar refractivity (Wildman–Crippen MR) is 63.9 cm³/mol. The molecule has 0 bridgehead atoms. The second-order valence-electron chi connectivity index (χ2n) is 4.67. The van der Waals surface area contributed by atoms with Gasteiger partial charge in [-0.1, -0.05) is 0 Å². The largest absolute Gasteiger partial charge is 0.505 e. The number of pyridine rings is 1. The molecule has 0 radical (unpaired) electrons. The van der Waals surface area contributed by atoms with E-state index in [-0.39, 0.29) is 22.8 Å². The van der Waals surface area contributed by atoms with E-state index in [0.29, 0.717) is 6.54 Å². The summed E-state index contributed by atoms with van der Waals surface area (Å²) < 4.78 is 0. The Balaban J connectivity index is 1.96. The highest BCUT2D eigenvalue weighted by atomic mass is 16.3. The molecule has 5 heteroatoms. The predicted octanol–water partition coefficient (Wildman–Crippen LogP) is 0.659. The summed E-state index contributed by atoms with van der Waals surface area (Å²) in [6.07, 6.45) is 4.94. The van der Waals surface area contributed by atoms with Gasteiger partial charge in [0.15, 0.2) is 0 Å². The zero-order valence-corrected chi connectivity index (χ0v) is 9.86. The third-order valence-corrected chi connectivity index (χ3v) is 3.14. The maximum absolute atomic E-state index is 11.8. The van der Waals surface area contributed by atoms with Crippen molar-refractivity contribution < 1.29 is 9.90 Å². The van der Waals surface area contributed by atoms with Crippen LogP contribution in [0.4, 0.5) is 0 Å². The molecular weight excluding hydrogens is 218 g/mol. The van der Waals surface area contributed by atoms with Crippen LogP contribution in [0, 0.1) is 0 Å². The number of carbonyl (C=O) groups is 1. The standard InChI is InChI=1S/C12H17N3O2/c1-12(4-2-5-15-12)8-14-11(17)9-3-6-13-7-10(9)16/h3,6-7,15-16H,2,4-5,8H2,1H3,(H,14,17). The van der Waals surface area contributed by atoms with Crippen molar-refractivity contribution in [3.63, 3.8) is 0 Å². The van der Waals surface area contributed by atoms with E-state index in [0.717, 1.165) is 19.4 Å². The van der Waals surface area contributed by atoms with Gasteiger partial charge in [-0.3, -0.25) is 9.78 Å². The van der Waals surface area contributed by atoms with Crippen LogP contribution in [0.15, 0.2) is 18.5 Å². The number of hydrogen-bond donors (Lipinski definition) is 3. The van der Waals surface area contributed by atoms with Gasteiger partial charge in [0.2, 0.25) is 0 Å². The summed E-state index contributed by atoms with van der Waals surface area (Å²) in [4.78, 5) is 15.6. The molecule has 2 heterocycles. The number of amides is 1. The van der Waals surface area contributed by atoms with Gasteiger partial charge in [-0.15, -0.1) is 0 Å². The Bertz CT molecular complexity index is 414. The molecule has 0 aromatic carbocycles. The highest BCUT2D eigenvalue weighted by molar-refractivity contribution is 5.96. The first kappa shape index (κ1) is 11.9. The Morgan fingerprint density at radius 1 is 1.71 bits per heavy atom. The van der Waals surface area contributed by atoms with Crippen LogP contribution in [0.5, 0.6) is 5.75 Å². The van der Waals surface area contributed by atoms with Gasteiger partial charge in [0.05, 0.1) is 11.8 Å². The fraction of sp³-hybridized carbons (Fsp3) is 0.500. The zero-order chi connectivity index (χ0) is 12.3. The molecule has 0 aliphatic carbocycles. The third-order valence-electron chi connectivity index (χ3n) is 3.14. The Labute approximate surface area is 100 Å². The quantitative estimate of drug-likeness (QED) is 0.719. The average Bonchev–Trinajstić information content (AvgIpc) is 2.74. The molecule has 1 saturated heterocycles. The van der Waals surface area contributed by atoms with Gasteiger partial charge in [-0.25, -0.2) is 0 Å². The van der Waals surface area contributed by atoms with Gasteiger partial charge >= 0.3 is 0 Å². The van der Waals surface area contributed by atoms with Gasteiger partial charge in [0, 0.05) is 18.3 Å². The molecule has 3 N–H and O–H groups in total. The first-order valence-electron chi connectivity index (χ1n) is 5.77. The maximum atomic E-state index is 11.8. The fourth-order valence-electron chi connectivity index (χ4n) is 2.06. The summed E-state index contributed by atoms with van der Waals surface area (Å²) >= 11 is 0. The van der Waals surface area contributed by atoms with Crippen LogP contribution in [0.2, 0.25) is 0 Å². The van der Waals surface area contributed by atoms with E-state index in [1.54, 1.807) is 0 Å². The number of carbonyl (C=O) groups excluding carboxylic acids is 1. The molecule has 0 saturated carbocycles. The molecule has 1 atom stereocenters. The Hall–Kier alpha value is -1.62. The number of aromatic hydroxyl groups is 1. The summed E-state index contributed by atoms with van der Waals surface area (Å²) in [5, 5.41) is 15.7. The van der Waals surface area contributed by atoms with Gasteiger partial charge < -0.3 is 15.7 Å². The van der Waals surface area contributed by atoms with Crippen LogP contribution >= 0.6 is 0 Å². The minimum atomic E-state index is -0.264. The molecule has 17 heavy (non-hydrogen) atoms. The number of aromatic nitrogens is 1. The lowest BCUT2D eigenvalue weighted by Crippen LogP contribution is -2.47. The first-order valence-corrected chi connectivity index (χ1v) is 5.77. The van der Waals surface area contributed by atoms with Crippen LogP contribution in [0.3, 0.4) is 0 Å². The van der Waals surface area contributed by atoms with E-state index in [1.807, 2.05) is 0 Å². The molecule has 0 spiro atoms. The minimum absolute atomic E-state index is 0.0295. The number of nitrogens with one attached hydrogen (secondary N) is 2. The monoisotopic (exact) mass is 235 g/mol. The lowest BCUT2D eigenvalue weighted by atomic mass is 10.0. The highest BCUT2D eigenvalue weighted by Gasteiger charge is 2.28. The topological polar surface area (TPSA) is 74.2 Å². The summed E-state index contributed by atoms with van der Waals surface area (Å²) in [6.45, 7) is 3.65. The second-order valence-corrected chi connectivity index (χ2v) is 4.67. The molecule has 1 amide bonds. The summed E-state index contributed by atoms with van der Waals surface area (Å²) in [5.41, 5.74) is 0.236. The molecular formula is C12H17N3O2. The van der Waals surface area contributed by atoms with Crippen molar-refractivity contribution in [2.24, 2.45) is 0 Å². The van der Waals surface area contributed by atoms with Gasteiger partial charge in [-0.2, -0.15) is 0 Å². The third kappa shape index (κ3) is 2.74. The lowest BCUT2D eigenvalue weighted by molar-refractivity contribution is 0.0940. The normalized spacial score (nSPS) is 23.6. The SMILES string of the molecule is CC1(CNC(=O)c2ccncc2O)CCCN1. The Morgan fingerprint density at radius 3 is 3.18 bits per heavy atom. The lowest BCUT2D eigenvalue weighted by Gasteiger charge is -2.24. The first-order chi connectivity index (χ1) is 8.11. The maximum Gasteiger partial charge on any atom is 0.255 e. The molecule has 5 nitrogen and oxygen atoms in total. The van der Waals surface area contributed by atoms with Crippen molar-refractivity contribution in [3.8, 4) is 5.75 Å². The van der Waals surface area contributed by atoms with Gasteiger partial charge in [0.1, 0.15) is 5.75 Å². The number of rotatable bonds is 3. The molecule has 1 aromatic rings. The van der Waals surface area contributed by atoms with Crippen molar-refractivity contribution in [1.29, 1.82) is 0 Å². The fourth-order valence-corrected chi connectivity index (χ4v) is 2.06. The molecule has 1 aliphatic heterocycles. The van der Waals surface area contributed by atoms with Crippen LogP contribution in [-0.4, -0.2) is 34.6 Å².